The fraction of sp³-hybridized carbons (Fsp3) is 0.139. The summed E-state index contributed by atoms with van der Waals surface area (Å²) in [7, 11) is 0. The quantitative estimate of drug-likeness (QED) is 0.0876. The lowest BCUT2D eigenvalue weighted by Gasteiger charge is -2.26. The Morgan fingerprint density at radius 2 is 1.70 bits per heavy atom. The van der Waals surface area contributed by atoms with Gasteiger partial charge in [-0.2, -0.15) is 0 Å². The Morgan fingerprint density at radius 3 is 2.37 bits per heavy atom. The first-order chi connectivity index (χ1) is 22.4. The Kier molecular flexibility index (Phi) is 10.5. The topological polar surface area (TPSA) is 69.9 Å². The number of benzene rings is 4. The Labute approximate surface area is 302 Å². The Hall–Kier alpha value is -3.20. The second kappa shape index (κ2) is 14.7. The third-order valence-corrected chi connectivity index (χ3v) is 10.5. The molecule has 2 heterocycles. The fourth-order valence-corrected chi connectivity index (χ4v) is 8.70. The van der Waals surface area contributed by atoms with Crippen molar-refractivity contribution in [2.24, 2.45) is 4.99 Å². The van der Waals surface area contributed by atoms with Crippen molar-refractivity contribution in [1.82, 2.24) is 4.57 Å². The Bertz CT molecular complexity index is 2110. The lowest BCUT2D eigenvalue weighted by atomic mass is 9.93. The van der Waals surface area contributed by atoms with Crippen LogP contribution in [0, 0.1) is 7.14 Å². The van der Waals surface area contributed by atoms with E-state index >= 15 is 0 Å². The summed E-state index contributed by atoms with van der Waals surface area (Å²) in [5, 5.41) is 0. The van der Waals surface area contributed by atoms with Gasteiger partial charge in [0.15, 0.2) is 4.80 Å². The van der Waals surface area contributed by atoms with Crippen molar-refractivity contribution >= 4 is 86.0 Å². The fourth-order valence-electron chi connectivity index (χ4n) is 5.25. The van der Waals surface area contributed by atoms with Crippen molar-refractivity contribution in [3.05, 3.63) is 152 Å². The van der Waals surface area contributed by atoms with E-state index in [4.69, 9.17) is 14.5 Å². The number of thiazole rings is 1. The van der Waals surface area contributed by atoms with Crippen LogP contribution in [0.4, 0.5) is 0 Å². The number of thioether (sulfide) groups is 1. The molecule has 0 fully saturated rings. The predicted octanol–water partition coefficient (Wildman–Crippen LogP) is 7.45. The number of rotatable bonds is 9. The maximum atomic E-state index is 14.4. The molecule has 1 aromatic heterocycles. The van der Waals surface area contributed by atoms with E-state index in [0.29, 0.717) is 33.0 Å². The Balaban J connectivity index is 1.57. The molecular formula is C36H28I2N2O4S2. The molecule has 0 bridgehead atoms. The first kappa shape index (κ1) is 32.7. The van der Waals surface area contributed by atoms with Gasteiger partial charge >= 0.3 is 5.97 Å². The minimum Gasteiger partial charge on any atom is -0.487 e. The standard InChI is InChI=1S/C36H28I2N2O4S2/c1-3-43-35(42)30-31(23-12-8-5-9-13-23)39-36-40(32(30)24-14-16-27(45-2)17-15-24)34(41)29(46-36)19-25-18-26(37)20-28(38)33(25)44-21-22-10-6-4-7-11-22/h4-20,32H,3,21H2,1-2H3/b29-19-/t32-/m1/s1. The molecule has 0 saturated carbocycles. The zero-order chi connectivity index (χ0) is 32.2. The van der Waals surface area contributed by atoms with Crippen molar-refractivity contribution in [3.8, 4) is 5.75 Å². The summed E-state index contributed by atoms with van der Waals surface area (Å²) >= 11 is 7.49. The average Bonchev–Trinajstić information content (AvgIpc) is 3.38. The van der Waals surface area contributed by atoms with Gasteiger partial charge in [-0.25, -0.2) is 9.79 Å². The van der Waals surface area contributed by atoms with Crippen molar-refractivity contribution in [2.45, 2.75) is 24.5 Å². The molecule has 6 nitrogen and oxygen atoms in total. The van der Waals surface area contributed by atoms with Crippen molar-refractivity contribution in [2.75, 3.05) is 12.9 Å². The molecule has 0 unspecified atom stereocenters. The molecule has 0 spiro atoms. The van der Waals surface area contributed by atoms with Gasteiger partial charge < -0.3 is 9.47 Å². The van der Waals surface area contributed by atoms with Crippen LogP contribution >= 0.6 is 68.3 Å². The van der Waals surface area contributed by atoms with Crippen LogP contribution in [-0.2, 0) is 16.1 Å². The molecule has 1 atom stereocenters. The number of nitrogens with zero attached hydrogens (tertiary/aromatic N) is 2. The van der Waals surface area contributed by atoms with Crippen molar-refractivity contribution in [3.63, 3.8) is 0 Å². The molecule has 4 aromatic carbocycles. The van der Waals surface area contributed by atoms with E-state index in [0.717, 1.165) is 34.3 Å². The summed E-state index contributed by atoms with van der Waals surface area (Å²) in [6.45, 7) is 2.37. The van der Waals surface area contributed by atoms with Crippen LogP contribution in [0.15, 0.2) is 117 Å². The van der Waals surface area contributed by atoms with E-state index in [-0.39, 0.29) is 12.2 Å². The normalized spacial score (nSPS) is 14.5. The molecule has 6 rings (SSSR count). The smallest absolute Gasteiger partial charge is 0.338 e. The number of carbonyl (C=O) groups is 1. The molecule has 0 N–H and O–H groups in total. The largest absolute Gasteiger partial charge is 0.487 e. The first-order valence-electron chi connectivity index (χ1n) is 14.5. The van der Waals surface area contributed by atoms with Crippen LogP contribution in [0.3, 0.4) is 0 Å². The van der Waals surface area contributed by atoms with Crippen LogP contribution in [0.25, 0.3) is 11.8 Å². The van der Waals surface area contributed by atoms with E-state index in [1.54, 1.807) is 23.3 Å². The molecule has 10 heteroatoms. The summed E-state index contributed by atoms with van der Waals surface area (Å²) in [5.74, 6) is 0.208. The molecular weight excluding hydrogens is 842 g/mol. The van der Waals surface area contributed by atoms with Crippen molar-refractivity contribution < 1.29 is 14.3 Å². The summed E-state index contributed by atoms with van der Waals surface area (Å²) in [4.78, 5) is 34.7. The molecule has 1 aliphatic heterocycles. The van der Waals surface area contributed by atoms with Crippen LogP contribution in [-0.4, -0.2) is 23.4 Å². The highest BCUT2D eigenvalue weighted by Gasteiger charge is 2.35. The minimum atomic E-state index is -0.728. The lowest BCUT2D eigenvalue weighted by molar-refractivity contribution is -0.138. The number of esters is 1. The highest BCUT2D eigenvalue weighted by atomic mass is 127. The maximum absolute atomic E-state index is 14.4. The monoisotopic (exact) mass is 870 g/mol. The van der Waals surface area contributed by atoms with Gasteiger partial charge in [-0.05, 0) is 99.8 Å². The second-order valence-electron chi connectivity index (χ2n) is 10.3. The van der Waals surface area contributed by atoms with Gasteiger partial charge in [-0.1, -0.05) is 84.1 Å². The molecule has 1 aliphatic rings. The summed E-state index contributed by atoms with van der Waals surface area (Å²) in [5.41, 5.74) is 4.02. The van der Waals surface area contributed by atoms with Crippen LogP contribution < -0.4 is 19.6 Å². The van der Waals surface area contributed by atoms with Crippen molar-refractivity contribution in [1.29, 1.82) is 0 Å². The summed E-state index contributed by atoms with van der Waals surface area (Å²) in [6, 6.07) is 30.9. The molecule has 5 aromatic rings. The number of hydrogen-bond acceptors (Lipinski definition) is 7. The van der Waals surface area contributed by atoms with Gasteiger partial charge in [0.25, 0.3) is 5.56 Å². The zero-order valence-corrected chi connectivity index (χ0v) is 30.9. The van der Waals surface area contributed by atoms with Crippen LogP contribution in [0.5, 0.6) is 5.75 Å². The molecule has 46 heavy (non-hydrogen) atoms. The molecule has 0 amide bonds. The SMILES string of the molecule is CCOC(=O)C1=C(c2ccccc2)N=c2s/c(=C\c3cc(I)cc(I)c3OCc3ccccc3)c(=O)n2[C@@H]1c1ccc(SC)cc1. The highest BCUT2D eigenvalue weighted by Crippen LogP contribution is 2.36. The van der Waals surface area contributed by atoms with Gasteiger partial charge in [-0.15, -0.1) is 11.8 Å². The molecule has 0 radical (unpaired) electrons. The zero-order valence-electron chi connectivity index (χ0n) is 24.9. The Morgan fingerprint density at radius 1 is 1.00 bits per heavy atom. The number of fused-ring (bicyclic) bond motifs is 1. The molecule has 232 valence electrons. The minimum absolute atomic E-state index is 0.198. The molecule has 0 aliphatic carbocycles. The third kappa shape index (κ3) is 6.90. The van der Waals surface area contributed by atoms with Gasteiger partial charge in [0.1, 0.15) is 12.4 Å². The first-order valence-corrected chi connectivity index (χ1v) is 18.7. The highest BCUT2D eigenvalue weighted by molar-refractivity contribution is 14.1. The van der Waals surface area contributed by atoms with Gasteiger partial charge in [0, 0.05) is 19.6 Å². The lowest BCUT2D eigenvalue weighted by Crippen LogP contribution is -2.40. The van der Waals surface area contributed by atoms with Crippen LogP contribution in [0.1, 0.15) is 35.2 Å². The van der Waals surface area contributed by atoms with Gasteiger partial charge in [-0.3, -0.25) is 9.36 Å². The average molecular weight is 871 g/mol. The number of hydrogen-bond donors (Lipinski definition) is 0. The predicted molar refractivity (Wildman–Crippen MR) is 202 cm³/mol. The summed E-state index contributed by atoms with van der Waals surface area (Å²) < 4.78 is 16.0. The van der Waals surface area contributed by atoms with Crippen LogP contribution in [0.2, 0.25) is 0 Å². The second-order valence-corrected chi connectivity index (χ2v) is 14.6. The number of carbonyl (C=O) groups excluding carboxylic acids is 1. The number of aromatic nitrogens is 1. The third-order valence-electron chi connectivity index (χ3n) is 7.35. The van der Waals surface area contributed by atoms with Gasteiger partial charge in [0.2, 0.25) is 0 Å². The number of ether oxygens (including phenoxy) is 2. The van der Waals surface area contributed by atoms with E-state index in [1.807, 2.05) is 103 Å². The van der Waals surface area contributed by atoms with E-state index in [1.165, 1.54) is 11.3 Å². The number of halogens is 2. The van der Waals surface area contributed by atoms with E-state index in [9.17, 15) is 9.59 Å². The molecule has 0 saturated heterocycles. The van der Waals surface area contributed by atoms with E-state index < -0.39 is 12.0 Å². The maximum Gasteiger partial charge on any atom is 0.338 e. The van der Waals surface area contributed by atoms with Gasteiger partial charge in [0.05, 0.1) is 32.0 Å². The van der Waals surface area contributed by atoms with E-state index in [2.05, 4.69) is 51.2 Å². The summed E-state index contributed by atoms with van der Waals surface area (Å²) in [6.07, 6.45) is 3.89.